The van der Waals surface area contributed by atoms with Gasteiger partial charge in [-0.2, -0.15) is 0 Å². The monoisotopic (exact) mass is 214 g/mol. The summed E-state index contributed by atoms with van der Waals surface area (Å²) in [5, 5.41) is 14.5. The fourth-order valence-corrected chi connectivity index (χ4v) is 1.23. The van der Waals surface area contributed by atoms with Crippen LogP contribution >= 0.6 is 0 Å². The number of aliphatic hydroxyl groups excluding tert-OH is 1. The molecule has 0 aliphatic heterocycles. The second-order valence-corrected chi connectivity index (χ2v) is 2.99. The molecule has 0 aliphatic rings. The van der Waals surface area contributed by atoms with E-state index in [2.05, 4.69) is 15.2 Å². The Morgan fingerprint density at radius 2 is 2.20 bits per heavy atom. The summed E-state index contributed by atoms with van der Waals surface area (Å²) in [6.45, 7) is 3.03. The number of anilines is 1. The first-order chi connectivity index (χ1) is 7.19. The first-order valence-electron chi connectivity index (χ1n) is 4.73. The van der Waals surface area contributed by atoms with Crippen LogP contribution < -0.4 is 16.1 Å². The molecule has 0 saturated carbocycles. The Balaban J connectivity index is 2.91. The third-order valence-electron chi connectivity index (χ3n) is 1.96. The molecule has 84 valence electrons. The van der Waals surface area contributed by atoms with Crippen LogP contribution in [0.1, 0.15) is 13.3 Å². The molecule has 0 radical (unpaired) electrons. The maximum absolute atomic E-state index is 11.4. The average Bonchev–Trinajstić information content (AvgIpc) is 2.21. The Labute approximate surface area is 85.8 Å². The molecule has 0 aromatic carbocycles. The molecule has 0 saturated heterocycles. The minimum Gasteiger partial charge on any atom is -0.396 e. The minimum atomic E-state index is -0.623. The normalized spacial score (nSPS) is 10.3. The fourth-order valence-electron chi connectivity index (χ4n) is 1.23. The highest BCUT2D eigenvalue weighted by molar-refractivity contribution is 5.33. The van der Waals surface area contributed by atoms with Crippen LogP contribution in [0.3, 0.4) is 0 Å². The quantitative estimate of drug-likeness (QED) is 0.563. The molecular formula is C8H14N4O3. The van der Waals surface area contributed by atoms with Gasteiger partial charge in [-0.3, -0.25) is 9.78 Å². The minimum absolute atomic E-state index is 0.0533. The van der Waals surface area contributed by atoms with Crippen molar-refractivity contribution >= 4 is 5.82 Å². The lowest BCUT2D eigenvalue weighted by Gasteiger charge is -2.19. The van der Waals surface area contributed by atoms with Crippen molar-refractivity contribution in [1.29, 1.82) is 0 Å². The number of hydrogen-bond acceptors (Lipinski definition) is 5. The highest BCUT2D eigenvalue weighted by Gasteiger charge is 2.10. The van der Waals surface area contributed by atoms with E-state index < -0.39 is 11.2 Å². The predicted octanol–water partition coefficient (Wildman–Crippen LogP) is -1.33. The van der Waals surface area contributed by atoms with E-state index in [4.69, 9.17) is 5.11 Å². The molecule has 1 heterocycles. The van der Waals surface area contributed by atoms with Gasteiger partial charge in [0.1, 0.15) is 0 Å². The lowest BCUT2D eigenvalue weighted by molar-refractivity contribution is 0.289. The van der Waals surface area contributed by atoms with E-state index in [0.717, 1.165) is 0 Å². The van der Waals surface area contributed by atoms with E-state index in [1.165, 1.54) is 0 Å². The molecule has 7 heteroatoms. The number of H-pyrrole nitrogens is 2. The van der Waals surface area contributed by atoms with Gasteiger partial charge >= 0.3 is 5.69 Å². The van der Waals surface area contributed by atoms with Crippen molar-refractivity contribution in [2.24, 2.45) is 0 Å². The molecule has 1 aromatic rings. The van der Waals surface area contributed by atoms with E-state index >= 15 is 0 Å². The molecule has 15 heavy (non-hydrogen) atoms. The maximum Gasteiger partial charge on any atom is 0.342 e. The van der Waals surface area contributed by atoms with Crippen LogP contribution in [0.15, 0.2) is 9.59 Å². The topological polar surface area (TPSA) is 102 Å². The molecule has 0 amide bonds. The lowest BCUT2D eigenvalue weighted by atomic mass is 10.4. The van der Waals surface area contributed by atoms with Crippen LogP contribution in [0.4, 0.5) is 5.82 Å². The van der Waals surface area contributed by atoms with Crippen molar-refractivity contribution in [2.75, 3.05) is 24.6 Å². The number of nitrogens with one attached hydrogen (secondary N) is 2. The van der Waals surface area contributed by atoms with Gasteiger partial charge in [0, 0.05) is 19.7 Å². The van der Waals surface area contributed by atoms with E-state index in [9.17, 15) is 9.59 Å². The van der Waals surface area contributed by atoms with Crippen LogP contribution in [0.2, 0.25) is 0 Å². The van der Waals surface area contributed by atoms with Gasteiger partial charge in [-0.15, -0.1) is 5.10 Å². The van der Waals surface area contributed by atoms with Crippen molar-refractivity contribution in [3.8, 4) is 0 Å². The lowest BCUT2D eigenvalue weighted by Crippen LogP contribution is -2.35. The van der Waals surface area contributed by atoms with E-state index in [1.54, 1.807) is 4.90 Å². The van der Waals surface area contributed by atoms with Crippen LogP contribution in [0.25, 0.3) is 0 Å². The van der Waals surface area contributed by atoms with Crippen LogP contribution in [0, 0.1) is 0 Å². The molecule has 0 spiro atoms. The summed E-state index contributed by atoms with van der Waals surface area (Å²) < 4.78 is 0. The highest BCUT2D eigenvalue weighted by Crippen LogP contribution is 2.00. The first-order valence-corrected chi connectivity index (χ1v) is 4.73. The summed E-state index contributed by atoms with van der Waals surface area (Å²) in [6.07, 6.45) is 0.550. The van der Waals surface area contributed by atoms with Crippen molar-refractivity contribution in [2.45, 2.75) is 13.3 Å². The third kappa shape index (κ3) is 2.91. The second kappa shape index (κ2) is 5.30. The third-order valence-corrected chi connectivity index (χ3v) is 1.96. The van der Waals surface area contributed by atoms with E-state index in [0.29, 0.717) is 19.5 Å². The SMILES string of the molecule is CCN(CCCO)c1n[nH]c(=O)[nH]c1=O. The average molecular weight is 214 g/mol. The van der Waals surface area contributed by atoms with Crippen LogP contribution in [0.5, 0.6) is 0 Å². The Bertz CT molecular complexity index is 411. The van der Waals surface area contributed by atoms with Gasteiger partial charge in [0.25, 0.3) is 5.56 Å². The second-order valence-electron chi connectivity index (χ2n) is 2.99. The summed E-state index contributed by atoms with van der Waals surface area (Å²) in [7, 11) is 0. The number of nitrogens with zero attached hydrogens (tertiary/aromatic N) is 2. The van der Waals surface area contributed by atoms with E-state index in [1.807, 2.05) is 6.92 Å². The van der Waals surface area contributed by atoms with Crippen molar-refractivity contribution in [1.82, 2.24) is 15.2 Å². The number of aliphatic hydroxyl groups is 1. The Morgan fingerprint density at radius 1 is 1.47 bits per heavy atom. The summed E-state index contributed by atoms with van der Waals surface area (Å²) in [6, 6.07) is 0. The molecule has 7 nitrogen and oxygen atoms in total. The first kappa shape index (κ1) is 11.4. The zero-order chi connectivity index (χ0) is 11.3. The number of rotatable bonds is 5. The van der Waals surface area contributed by atoms with Crippen molar-refractivity contribution in [3.63, 3.8) is 0 Å². The number of aromatic nitrogens is 3. The highest BCUT2D eigenvalue weighted by atomic mass is 16.3. The van der Waals surface area contributed by atoms with Gasteiger partial charge in [-0.1, -0.05) is 0 Å². The van der Waals surface area contributed by atoms with Gasteiger partial charge in [0.15, 0.2) is 0 Å². The molecule has 1 aromatic heterocycles. The standard InChI is InChI=1S/C8H14N4O3/c1-2-12(4-3-5-13)6-7(14)9-8(15)11-10-6/h13H,2-5H2,1H3,(H2,9,11,14,15). The fraction of sp³-hybridized carbons (Fsp3) is 0.625. The Hall–Kier alpha value is -1.63. The number of hydrogen-bond donors (Lipinski definition) is 3. The summed E-state index contributed by atoms with van der Waals surface area (Å²) in [5.74, 6) is 0.172. The Kier molecular flexibility index (Phi) is 4.04. The molecule has 3 N–H and O–H groups in total. The molecule has 0 bridgehead atoms. The van der Waals surface area contributed by atoms with Crippen molar-refractivity contribution < 1.29 is 5.11 Å². The summed E-state index contributed by atoms with van der Waals surface area (Å²) >= 11 is 0. The summed E-state index contributed by atoms with van der Waals surface area (Å²) in [5.41, 5.74) is -1.14. The molecular weight excluding hydrogens is 200 g/mol. The summed E-state index contributed by atoms with van der Waals surface area (Å²) in [4.78, 5) is 25.9. The maximum atomic E-state index is 11.4. The van der Waals surface area contributed by atoms with Gasteiger partial charge in [-0.05, 0) is 13.3 Å². The molecule has 1 rings (SSSR count). The largest absolute Gasteiger partial charge is 0.396 e. The van der Waals surface area contributed by atoms with Crippen LogP contribution in [-0.2, 0) is 0 Å². The molecule has 0 atom stereocenters. The van der Waals surface area contributed by atoms with Gasteiger partial charge in [-0.25, -0.2) is 9.89 Å². The molecule has 0 unspecified atom stereocenters. The van der Waals surface area contributed by atoms with E-state index in [-0.39, 0.29) is 12.4 Å². The van der Waals surface area contributed by atoms with Gasteiger partial charge < -0.3 is 10.0 Å². The molecule has 0 fully saturated rings. The molecule has 0 aliphatic carbocycles. The zero-order valence-corrected chi connectivity index (χ0v) is 8.49. The number of aromatic amines is 2. The van der Waals surface area contributed by atoms with Gasteiger partial charge in [0.05, 0.1) is 0 Å². The zero-order valence-electron chi connectivity index (χ0n) is 8.49. The predicted molar refractivity (Wildman–Crippen MR) is 55.1 cm³/mol. The van der Waals surface area contributed by atoms with Gasteiger partial charge in [0.2, 0.25) is 5.82 Å². The Morgan fingerprint density at radius 3 is 2.73 bits per heavy atom. The van der Waals surface area contributed by atoms with Crippen LogP contribution in [-0.4, -0.2) is 40.0 Å². The smallest absolute Gasteiger partial charge is 0.342 e. The van der Waals surface area contributed by atoms with Crippen molar-refractivity contribution in [3.05, 3.63) is 20.8 Å².